The van der Waals surface area contributed by atoms with Gasteiger partial charge >= 0.3 is 0 Å². The summed E-state index contributed by atoms with van der Waals surface area (Å²) in [5, 5.41) is 9.60. The van der Waals surface area contributed by atoms with Gasteiger partial charge in [0.1, 0.15) is 0 Å². The zero-order valence-corrected chi connectivity index (χ0v) is 10.8. The van der Waals surface area contributed by atoms with E-state index in [9.17, 15) is 5.11 Å². The van der Waals surface area contributed by atoms with E-state index in [1.54, 1.807) is 13.2 Å². The summed E-state index contributed by atoms with van der Waals surface area (Å²) in [4.78, 5) is 2.51. The molecule has 0 amide bonds. The standard InChI is InChI=1S/C14H21NO2/c1-10-5-4-8-15(10)11(2)12-6-7-13(16)14(9-12)17-3/h6-7,9-11,16H,4-5,8H2,1-3H3. The Balaban J connectivity index is 2.21. The molecule has 0 bridgehead atoms. The molecule has 17 heavy (non-hydrogen) atoms. The summed E-state index contributed by atoms with van der Waals surface area (Å²) in [6, 6.07) is 6.65. The van der Waals surface area contributed by atoms with Crippen molar-refractivity contribution < 1.29 is 9.84 Å². The Kier molecular flexibility index (Phi) is 3.57. The molecular formula is C14H21NO2. The molecular weight excluding hydrogens is 214 g/mol. The SMILES string of the molecule is COc1cc(C(C)N2CCCC2C)ccc1O. The van der Waals surface area contributed by atoms with E-state index in [0.717, 1.165) is 6.54 Å². The third-order valence-corrected chi connectivity index (χ3v) is 3.79. The lowest BCUT2D eigenvalue weighted by Gasteiger charge is -2.29. The number of hydrogen-bond donors (Lipinski definition) is 1. The van der Waals surface area contributed by atoms with Crippen molar-refractivity contribution in [1.29, 1.82) is 0 Å². The van der Waals surface area contributed by atoms with Crippen LogP contribution in [0.15, 0.2) is 18.2 Å². The smallest absolute Gasteiger partial charge is 0.160 e. The molecule has 1 aliphatic rings. The van der Waals surface area contributed by atoms with Crippen molar-refractivity contribution in [3.63, 3.8) is 0 Å². The number of phenolic OH excluding ortho intramolecular Hbond substituents is 1. The van der Waals surface area contributed by atoms with Crippen molar-refractivity contribution in [3.8, 4) is 11.5 Å². The van der Waals surface area contributed by atoms with Crippen LogP contribution >= 0.6 is 0 Å². The molecule has 94 valence electrons. The number of hydrogen-bond acceptors (Lipinski definition) is 3. The fraction of sp³-hybridized carbons (Fsp3) is 0.571. The average molecular weight is 235 g/mol. The third-order valence-electron chi connectivity index (χ3n) is 3.79. The first-order chi connectivity index (χ1) is 8.13. The summed E-state index contributed by atoms with van der Waals surface area (Å²) >= 11 is 0. The van der Waals surface area contributed by atoms with Crippen molar-refractivity contribution in [1.82, 2.24) is 4.90 Å². The molecule has 1 saturated heterocycles. The average Bonchev–Trinajstić information content (AvgIpc) is 2.75. The van der Waals surface area contributed by atoms with Crippen molar-refractivity contribution in [2.24, 2.45) is 0 Å². The number of benzene rings is 1. The summed E-state index contributed by atoms with van der Waals surface area (Å²) in [7, 11) is 1.59. The first kappa shape index (κ1) is 12.2. The Morgan fingerprint density at radius 1 is 1.47 bits per heavy atom. The number of nitrogens with zero attached hydrogens (tertiary/aromatic N) is 1. The molecule has 0 aliphatic carbocycles. The first-order valence-electron chi connectivity index (χ1n) is 6.26. The second-order valence-corrected chi connectivity index (χ2v) is 4.84. The molecule has 0 saturated carbocycles. The number of aromatic hydroxyl groups is 1. The van der Waals surface area contributed by atoms with E-state index in [4.69, 9.17) is 4.74 Å². The van der Waals surface area contributed by atoms with Crippen LogP contribution in [0.4, 0.5) is 0 Å². The molecule has 1 aliphatic heterocycles. The molecule has 1 fully saturated rings. The minimum atomic E-state index is 0.206. The van der Waals surface area contributed by atoms with Crippen LogP contribution in [0.25, 0.3) is 0 Å². The summed E-state index contributed by atoms with van der Waals surface area (Å²) in [5.41, 5.74) is 1.20. The van der Waals surface area contributed by atoms with Crippen molar-refractivity contribution in [3.05, 3.63) is 23.8 Å². The lowest BCUT2D eigenvalue weighted by atomic mass is 10.1. The molecule has 0 aromatic heterocycles. The van der Waals surface area contributed by atoms with Gasteiger partial charge in [0.05, 0.1) is 7.11 Å². The third kappa shape index (κ3) is 2.39. The van der Waals surface area contributed by atoms with Gasteiger partial charge in [-0.25, -0.2) is 0 Å². The maximum atomic E-state index is 9.60. The number of likely N-dealkylation sites (tertiary alicyclic amines) is 1. The predicted octanol–water partition coefficient (Wildman–Crippen LogP) is 2.95. The Morgan fingerprint density at radius 3 is 2.82 bits per heavy atom. The molecule has 2 rings (SSSR count). The van der Waals surface area contributed by atoms with Crippen LogP contribution in [0.3, 0.4) is 0 Å². The maximum Gasteiger partial charge on any atom is 0.160 e. The fourth-order valence-electron chi connectivity index (χ4n) is 2.68. The second kappa shape index (κ2) is 4.96. The molecule has 2 unspecified atom stereocenters. The van der Waals surface area contributed by atoms with E-state index in [1.165, 1.54) is 18.4 Å². The summed E-state index contributed by atoms with van der Waals surface area (Å²) in [5.74, 6) is 0.763. The second-order valence-electron chi connectivity index (χ2n) is 4.84. The maximum absolute atomic E-state index is 9.60. The van der Waals surface area contributed by atoms with Crippen LogP contribution in [-0.2, 0) is 0 Å². The molecule has 2 atom stereocenters. The van der Waals surface area contributed by atoms with E-state index in [-0.39, 0.29) is 5.75 Å². The Hall–Kier alpha value is -1.22. The highest BCUT2D eigenvalue weighted by Gasteiger charge is 2.26. The van der Waals surface area contributed by atoms with Gasteiger partial charge in [0.15, 0.2) is 11.5 Å². The van der Waals surface area contributed by atoms with Crippen LogP contribution in [0.1, 0.15) is 38.3 Å². The zero-order valence-electron chi connectivity index (χ0n) is 10.8. The van der Waals surface area contributed by atoms with Crippen LogP contribution in [0, 0.1) is 0 Å². The zero-order chi connectivity index (χ0) is 12.4. The topological polar surface area (TPSA) is 32.7 Å². The van der Waals surface area contributed by atoms with E-state index < -0.39 is 0 Å². The molecule has 1 aromatic carbocycles. The monoisotopic (exact) mass is 235 g/mol. The lowest BCUT2D eigenvalue weighted by molar-refractivity contribution is 0.204. The molecule has 1 aromatic rings. The summed E-state index contributed by atoms with van der Waals surface area (Å²) in [6.07, 6.45) is 2.56. The summed E-state index contributed by atoms with van der Waals surface area (Å²) < 4.78 is 5.16. The molecule has 3 heteroatoms. The van der Waals surface area contributed by atoms with Crippen LogP contribution in [0.2, 0.25) is 0 Å². The Bertz CT molecular complexity index is 392. The molecule has 0 radical (unpaired) electrons. The van der Waals surface area contributed by atoms with Gasteiger partial charge < -0.3 is 9.84 Å². The van der Waals surface area contributed by atoms with Crippen molar-refractivity contribution in [2.45, 2.75) is 38.8 Å². The van der Waals surface area contributed by atoms with Gasteiger partial charge in [0.25, 0.3) is 0 Å². The number of methoxy groups -OCH3 is 1. The van der Waals surface area contributed by atoms with E-state index in [1.807, 2.05) is 12.1 Å². The van der Waals surface area contributed by atoms with E-state index in [2.05, 4.69) is 18.7 Å². The van der Waals surface area contributed by atoms with Gasteiger partial charge in [-0.15, -0.1) is 0 Å². The van der Waals surface area contributed by atoms with E-state index in [0.29, 0.717) is 17.8 Å². The van der Waals surface area contributed by atoms with Crippen molar-refractivity contribution in [2.75, 3.05) is 13.7 Å². The van der Waals surface area contributed by atoms with Gasteiger partial charge in [-0.2, -0.15) is 0 Å². The highest BCUT2D eigenvalue weighted by Crippen LogP contribution is 2.33. The molecule has 3 nitrogen and oxygen atoms in total. The predicted molar refractivity (Wildman–Crippen MR) is 68.5 cm³/mol. The van der Waals surface area contributed by atoms with Gasteiger partial charge in [-0.1, -0.05) is 6.07 Å². The van der Waals surface area contributed by atoms with Gasteiger partial charge in [-0.05, 0) is 50.9 Å². The lowest BCUT2D eigenvalue weighted by Crippen LogP contribution is -2.29. The van der Waals surface area contributed by atoms with E-state index >= 15 is 0 Å². The van der Waals surface area contributed by atoms with Crippen molar-refractivity contribution >= 4 is 0 Å². The molecule has 1 heterocycles. The normalized spacial score (nSPS) is 22.6. The number of phenols is 1. The quantitative estimate of drug-likeness (QED) is 0.874. The number of ether oxygens (including phenoxy) is 1. The van der Waals surface area contributed by atoms with Gasteiger partial charge in [0.2, 0.25) is 0 Å². The Morgan fingerprint density at radius 2 is 2.24 bits per heavy atom. The summed E-state index contributed by atoms with van der Waals surface area (Å²) in [6.45, 7) is 5.65. The van der Waals surface area contributed by atoms with Crippen LogP contribution in [0.5, 0.6) is 11.5 Å². The Labute approximate surface area is 103 Å². The highest BCUT2D eigenvalue weighted by atomic mass is 16.5. The minimum Gasteiger partial charge on any atom is -0.504 e. The minimum absolute atomic E-state index is 0.206. The van der Waals surface area contributed by atoms with Crippen LogP contribution < -0.4 is 4.74 Å². The largest absolute Gasteiger partial charge is 0.504 e. The first-order valence-corrected chi connectivity index (χ1v) is 6.26. The molecule has 1 N–H and O–H groups in total. The molecule has 0 spiro atoms. The highest BCUT2D eigenvalue weighted by molar-refractivity contribution is 5.42. The van der Waals surface area contributed by atoms with Gasteiger partial charge in [0, 0.05) is 12.1 Å². The van der Waals surface area contributed by atoms with Crippen LogP contribution in [-0.4, -0.2) is 29.7 Å². The fourth-order valence-corrected chi connectivity index (χ4v) is 2.68. The number of rotatable bonds is 3. The van der Waals surface area contributed by atoms with Gasteiger partial charge in [-0.3, -0.25) is 4.90 Å².